The van der Waals surface area contributed by atoms with E-state index in [1.54, 1.807) is 11.0 Å². The fourth-order valence-electron chi connectivity index (χ4n) is 1.41. The van der Waals surface area contributed by atoms with Gasteiger partial charge in [0.2, 0.25) is 5.91 Å². The van der Waals surface area contributed by atoms with E-state index in [4.69, 9.17) is 5.11 Å². The molecule has 0 saturated carbocycles. The predicted molar refractivity (Wildman–Crippen MR) is 63.7 cm³/mol. The third kappa shape index (κ3) is 5.97. The molecule has 18 heavy (non-hydrogen) atoms. The Hall–Kier alpha value is -1.92. The number of aromatic nitrogens is 3. The van der Waals surface area contributed by atoms with Gasteiger partial charge in [-0.15, -0.1) is 0 Å². The van der Waals surface area contributed by atoms with Crippen LogP contribution in [0.1, 0.15) is 26.2 Å². The van der Waals surface area contributed by atoms with Gasteiger partial charge in [-0.05, 0) is 12.3 Å². The number of hydrogen-bond donors (Lipinski definition) is 2. The Bertz CT molecular complexity index is 378. The second-order valence-corrected chi connectivity index (χ2v) is 4.25. The maximum absolute atomic E-state index is 11.5. The molecule has 0 fully saturated rings. The monoisotopic (exact) mass is 254 g/mol. The quantitative estimate of drug-likeness (QED) is 0.694. The number of carbonyl (C=O) groups excluding carboxylic acids is 1. The lowest BCUT2D eigenvalue weighted by molar-refractivity contribution is -0.137. The first kappa shape index (κ1) is 14.1. The average molecular weight is 254 g/mol. The highest BCUT2D eigenvalue weighted by molar-refractivity contribution is 5.75. The standard InChI is InChI=1S/C11H18N4O3/c1-9(2-3-11(17)18)6-13-10(16)4-5-15-8-12-7-14-15/h7-9H,2-6H2,1H3,(H,13,16)(H,17,18). The van der Waals surface area contributed by atoms with E-state index in [1.807, 2.05) is 6.92 Å². The van der Waals surface area contributed by atoms with Crippen LogP contribution in [0.25, 0.3) is 0 Å². The largest absolute Gasteiger partial charge is 0.481 e. The van der Waals surface area contributed by atoms with Crippen molar-refractivity contribution in [2.75, 3.05) is 6.54 Å². The first-order valence-electron chi connectivity index (χ1n) is 5.89. The summed E-state index contributed by atoms with van der Waals surface area (Å²) in [6.07, 6.45) is 4.03. The zero-order valence-electron chi connectivity index (χ0n) is 10.4. The Kier molecular flexibility index (Phi) is 5.83. The van der Waals surface area contributed by atoms with Crippen LogP contribution in [-0.2, 0) is 16.1 Å². The molecule has 7 heteroatoms. The molecule has 0 spiro atoms. The van der Waals surface area contributed by atoms with Crippen molar-refractivity contribution in [1.82, 2.24) is 20.1 Å². The molecule has 1 heterocycles. The molecule has 0 aliphatic rings. The molecule has 0 saturated heterocycles. The summed E-state index contributed by atoms with van der Waals surface area (Å²) >= 11 is 0. The molecule has 0 bridgehead atoms. The summed E-state index contributed by atoms with van der Waals surface area (Å²) in [5.41, 5.74) is 0. The van der Waals surface area contributed by atoms with Crippen LogP contribution in [0.15, 0.2) is 12.7 Å². The van der Waals surface area contributed by atoms with Crippen molar-refractivity contribution in [3.05, 3.63) is 12.7 Å². The van der Waals surface area contributed by atoms with Crippen LogP contribution < -0.4 is 5.32 Å². The number of aliphatic carboxylic acids is 1. The number of hydrogen-bond acceptors (Lipinski definition) is 4. The van der Waals surface area contributed by atoms with Crippen molar-refractivity contribution in [1.29, 1.82) is 0 Å². The molecule has 100 valence electrons. The van der Waals surface area contributed by atoms with Crippen LogP contribution in [0, 0.1) is 5.92 Å². The maximum atomic E-state index is 11.5. The Morgan fingerprint density at radius 2 is 2.22 bits per heavy atom. The lowest BCUT2D eigenvalue weighted by Gasteiger charge is -2.11. The molecule has 1 unspecified atom stereocenters. The van der Waals surface area contributed by atoms with E-state index in [2.05, 4.69) is 15.4 Å². The molecule has 0 radical (unpaired) electrons. The molecule has 1 aromatic rings. The van der Waals surface area contributed by atoms with Gasteiger partial charge >= 0.3 is 5.97 Å². The first-order chi connectivity index (χ1) is 8.58. The first-order valence-corrected chi connectivity index (χ1v) is 5.89. The molecular weight excluding hydrogens is 236 g/mol. The second-order valence-electron chi connectivity index (χ2n) is 4.25. The number of nitrogens with zero attached hydrogens (tertiary/aromatic N) is 3. The van der Waals surface area contributed by atoms with E-state index in [1.165, 1.54) is 6.33 Å². The Morgan fingerprint density at radius 3 is 2.83 bits per heavy atom. The Labute approximate surface area is 105 Å². The fourth-order valence-corrected chi connectivity index (χ4v) is 1.41. The molecule has 0 aromatic carbocycles. The van der Waals surface area contributed by atoms with E-state index in [9.17, 15) is 9.59 Å². The van der Waals surface area contributed by atoms with E-state index in [0.717, 1.165) is 0 Å². The Morgan fingerprint density at radius 1 is 1.44 bits per heavy atom. The minimum Gasteiger partial charge on any atom is -0.481 e. The minimum absolute atomic E-state index is 0.0623. The maximum Gasteiger partial charge on any atom is 0.303 e. The molecule has 7 nitrogen and oxygen atoms in total. The van der Waals surface area contributed by atoms with Gasteiger partial charge in [0.05, 0.1) is 6.54 Å². The molecular formula is C11H18N4O3. The SMILES string of the molecule is CC(CCC(=O)O)CNC(=O)CCn1cncn1. The number of nitrogens with one attached hydrogen (secondary N) is 1. The zero-order valence-corrected chi connectivity index (χ0v) is 10.4. The van der Waals surface area contributed by atoms with Gasteiger partial charge < -0.3 is 10.4 Å². The number of carboxylic acids is 1. The summed E-state index contributed by atoms with van der Waals surface area (Å²) in [5, 5.41) is 15.2. The van der Waals surface area contributed by atoms with Crippen molar-refractivity contribution >= 4 is 11.9 Å². The van der Waals surface area contributed by atoms with Gasteiger partial charge in [-0.2, -0.15) is 5.10 Å². The van der Waals surface area contributed by atoms with E-state index in [-0.39, 0.29) is 18.2 Å². The van der Waals surface area contributed by atoms with Crippen molar-refractivity contribution in [3.8, 4) is 0 Å². The second kappa shape index (κ2) is 7.41. The third-order valence-corrected chi connectivity index (χ3v) is 2.53. The summed E-state index contributed by atoms with van der Waals surface area (Å²) in [4.78, 5) is 25.6. The summed E-state index contributed by atoms with van der Waals surface area (Å²) in [6.45, 7) is 2.92. The van der Waals surface area contributed by atoms with Gasteiger partial charge in [-0.25, -0.2) is 4.98 Å². The van der Waals surface area contributed by atoms with Gasteiger partial charge in [0, 0.05) is 19.4 Å². The van der Waals surface area contributed by atoms with Crippen molar-refractivity contribution in [2.45, 2.75) is 32.7 Å². The van der Waals surface area contributed by atoms with Crippen LogP contribution in [0.4, 0.5) is 0 Å². The lowest BCUT2D eigenvalue weighted by atomic mass is 10.1. The third-order valence-electron chi connectivity index (χ3n) is 2.53. The van der Waals surface area contributed by atoms with Crippen LogP contribution in [-0.4, -0.2) is 38.3 Å². The van der Waals surface area contributed by atoms with Crippen molar-refractivity contribution < 1.29 is 14.7 Å². The number of carboxylic acid groups (broad SMARTS) is 1. The molecule has 0 aliphatic carbocycles. The number of amides is 1. The van der Waals surface area contributed by atoms with Gasteiger partial charge in [-0.3, -0.25) is 14.3 Å². The summed E-state index contributed by atoms with van der Waals surface area (Å²) in [5.74, 6) is -0.705. The molecule has 1 rings (SSSR count). The van der Waals surface area contributed by atoms with Crippen LogP contribution in [0.3, 0.4) is 0 Å². The average Bonchev–Trinajstić information content (AvgIpc) is 2.84. The van der Waals surface area contributed by atoms with Crippen LogP contribution >= 0.6 is 0 Å². The normalized spacial score (nSPS) is 12.1. The van der Waals surface area contributed by atoms with Crippen molar-refractivity contribution in [2.24, 2.45) is 5.92 Å². The van der Waals surface area contributed by atoms with E-state index < -0.39 is 5.97 Å². The predicted octanol–water partition coefficient (Wildman–Crippen LogP) is 0.285. The number of rotatable bonds is 8. The molecule has 1 amide bonds. The molecule has 1 atom stereocenters. The van der Waals surface area contributed by atoms with Gasteiger partial charge in [0.15, 0.2) is 0 Å². The molecule has 0 aliphatic heterocycles. The van der Waals surface area contributed by atoms with Gasteiger partial charge in [-0.1, -0.05) is 6.92 Å². The van der Waals surface area contributed by atoms with Gasteiger partial charge in [0.25, 0.3) is 0 Å². The number of aryl methyl sites for hydroxylation is 1. The van der Waals surface area contributed by atoms with Crippen LogP contribution in [0.5, 0.6) is 0 Å². The summed E-state index contributed by atoms with van der Waals surface area (Å²) < 4.78 is 1.59. The molecule has 2 N–H and O–H groups in total. The van der Waals surface area contributed by atoms with Crippen molar-refractivity contribution in [3.63, 3.8) is 0 Å². The fraction of sp³-hybridized carbons (Fsp3) is 0.636. The minimum atomic E-state index is -0.806. The summed E-state index contributed by atoms with van der Waals surface area (Å²) in [7, 11) is 0. The summed E-state index contributed by atoms with van der Waals surface area (Å²) in [6, 6.07) is 0. The van der Waals surface area contributed by atoms with Gasteiger partial charge in [0.1, 0.15) is 12.7 Å². The van der Waals surface area contributed by atoms with E-state index in [0.29, 0.717) is 25.9 Å². The topological polar surface area (TPSA) is 97.1 Å². The lowest BCUT2D eigenvalue weighted by Crippen LogP contribution is -2.29. The number of carbonyl (C=O) groups is 2. The highest BCUT2D eigenvalue weighted by Crippen LogP contribution is 2.03. The highest BCUT2D eigenvalue weighted by Gasteiger charge is 2.08. The zero-order chi connectivity index (χ0) is 13.4. The van der Waals surface area contributed by atoms with E-state index >= 15 is 0 Å². The Balaban J connectivity index is 2.11. The smallest absolute Gasteiger partial charge is 0.303 e. The molecule has 1 aromatic heterocycles. The highest BCUT2D eigenvalue weighted by atomic mass is 16.4. The van der Waals surface area contributed by atoms with Crippen LogP contribution in [0.2, 0.25) is 0 Å².